The summed E-state index contributed by atoms with van der Waals surface area (Å²) in [5, 5.41) is 3.67. The zero-order valence-corrected chi connectivity index (χ0v) is 14.8. The molecule has 0 radical (unpaired) electrons. The van der Waals surface area contributed by atoms with Crippen LogP contribution in [0, 0.1) is 11.6 Å². The first-order valence-electron chi connectivity index (χ1n) is 7.70. The number of nitrogens with one attached hydrogen (secondary N) is 1. The summed E-state index contributed by atoms with van der Waals surface area (Å²) in [6.07, 6.45) is 3.32. The second-order valence-corrected chi connectivity index (χ2v) is 6.38. The van der Waals surface area contributed by atoms with Crippen LogP contribution in [0.15, 0.2) is 65.4 Å². The van der Waals surface area contributed by atoms with Crippen LogP contribution in [0.2, 0.25) is 0 Å². The quantitative estimate of drug-likeness (QED) is 0.452. The Labute approximate surface area is 156 Å². The van der Waals surface area contributed by atoms with Gasteiger partial charge in [0, 0.05) is 29.4 Å². The lowest BCUT2D eigenvalue weighted by molar-refractivity contribution is 0.581. The Bertz CT molecular complexity index is 1100. The molecule has 0 aliphatic rings. The highest BCUT2D eigenvalue weighted by atomic mass is 79.9. The number of pyridine rings is 1. The van der Waals surface area contributed by atoms with Crippen LogP contribution < -0.4 is 5.32 Å². The number of aromatic nitrogens is 3. The first-order valence-corrected chi connectivity index (χ1v) is 8.50. The van der Waals surface area contributed by atoms with Crippen molar-refractivity contribution < 1.29 is 8.78 Å². The number of fused-ring (bicyclic) bond motifs is 1. The molecule has 0 saturated carbocycles. The van der Waals surface area contributed by atoms with Crippen molar-refractivity contribution in [2.75, 3.05) is 5.32 Å². The number of hydrogen-bond acceptors (Lipinski definition) is 4. The molecule has 0 spiro atoms. The zero-order valence-electron chi connectivity index (χ0n) is 13.2. The summed E-state index contributed by atoms with van der Waals surface area (Å²) in [6.45, 7) is 0. The number of hydrogen-bond donors (Lipinski definition) is 1. The van der Waals surface area contributed by atoms with E-state index in [0.717, 1.165) is 17.0 Å². The van der Waals surface area contributed by atoms with E-state index in [4.69, 9.17) is 0 Å². The number of rotatable bonds is 3. The average Bonchev–Trinajstić information content (AvgIpc) is 2.66. The molecular weight excluding hydrogens is 402 g/mol. The predicted octanol–water partition coefficient (Wildman–Crippen LogP) is 5.48. The van der Waals surface area contributed by atoms with Gasteiger partial charge in [-0.05, 0) is 46.3 Å². The Balaban J connectivity index is 1.87. The van der Waals surface area contributed by atoms with Crippen LogP contribution in [0.5, 0.6) is 0 Å². The average molecular weight is 413 g/mol. The number of para-hydroxylation sites is 1. The zero-order chi connectivity index (χ0) is 18.1. The Hall–Kier alpha value is -2.93. The molecule has 0 aliphatic heterocycles. The molecule has 7 heteroatoms. The predicted molar refractivity (Wildman–Crippen MR) is 100 cm³/mol. The van der Waals surface area contributed by atoms with Gasteiger partial charge in [0.15, 0.2) is 5.82 Å². The molecule has 0 fully saturated rings. The SMILES string of the molecule is Fc1cc(F)c(Nc2nc(-c3cccnc3)nc3ccccc23)cc1Br. The van der Waals surface area contributed by atoms with Gasteiger partial charge in [-0.25, -0.2) is 18.7 Å². The fraction of sp³-hybridized carbons (Fsp3) is 0. The second-order valence-electron chi connectivity index (χ2n) is 5.53. The van der Waals surface area contributed by atoms with E-state index >= 15 is 0 Å². The van der Waals surface area contributed by atoms with Crippen LogP contribution in [0.3, 0.4) is 0 Å². The van der Waals surface area contributed by atoms with Crippen molar-refractivity contribution >= 4 is 38.3 Å². The van der Waals surface area contributed by atoms with Crippen LogP contribution in [0.4, 0.5) is 20.3 Å². The fourth-order valence-corrected chi connectivity index (χ4v) is 2.89. The van der Waals surface area contributed by atoms with Gasteiger partial charge in [0.25, 0.3) is 0 Å². The minimum atomic E-state index is -0.712. The van der Waals surface area contributed by atoms with E-state index in [2.05, 4.69) is 36.2 Å². The number of nitrogens with zero attached hydrogens (tertiary/aromatic N) is 3. The third-order valence-corrected chi connectivity index (χ3v) is 4.39. The molecule has 1 N–H and O–H groups in total. The smallest absolute Gasteiger partial charge is 0.163 e. The molecule has 4 aromatic rings. The molecule has 0 aliphatic carbocycles. The van der Waals surface area contributed by atoms with Crippen molar-refractivity contribution in [3.8, 4) is 11.4 Å². The topological polar surface area (TPSA) is 50.7 Å². The highest BCUT2D eigenvalue weighted by Crippen LogP contribution is 2.30. The minimum Gasteiger partial charge on any atom is -0.337 e. The maximum Gasteiger partial charge on any atom is 0.163 e. The Kier molecular flexibility index (Phi) is 4.30. The van der Waals surface area contributed by atoms with Crippen molar-refractivity contribution in [2.45, 2.75) is 0 Å². The van der Waals surface area contributed by atoms with E-state index in [9.17, 15) is 8.78 Å². The van der Waals surface area contributed by atoms with Crippen LogP contribution in [0.25, 0.3) is 22.3 Å². The monoisotopic (exact) mass is 412 g/mol. The molecule has 26 heavy (non-hydrogen) atoms. The summed E-state index contributed by atoms with van der Waals surface area (Å²) >= 11 is 3.07. The van der Waals surface area contributed by atoms with Gasteiger partial charge in [-0.2, -0.15) is 0 Å². The molecule has 2 heterocycles. The van der Waals surface area contributed by atoms with Gasteiger partial charge >= 0.3 is 0 Å². The second kappa shape index (κ2) is 6.76. The maximum atomic E-state index is 14.2. The van der Waals surface area contributed by atoms with Gasteiger partial charge in [-0.3, -0.25) is 4.98 Å². The van der Waals surface area contributed by atoms with Gasteiger partial charge in [0.05, 0.1) is 15.7 Å². The van der Waals surface area contributed by atoms with Crippen LogP contribution in [-0.2, 0) is 0 Å². The van der Waals surface area contributed by atoms with Gasteiger partial charge < -0.3 is 5.32 Å². The van der Waals surface area contributed by atoms with E-state index in [0.29, 0.717) is 17.2 Å². The Morgan fingerprint density at radius 3 is 2.58 bits per heavy atom. The fourth-order valence-electron chi connectivity index (χ4n) is 2.54. The Morgan fingerprint density at radius 1 is 0.923 bits per heavy atom. The largest absolute Gasteiger partial charge is 0.337 e. The molecule has 0 amide bonds. The lowest BCUT2D eigenvalue weighted by atomic mass is 10.2. The number of anilines is 2. The highest BCUT2D eigenvalue weighted by molar-refractivity contribution is 9.10. The van der Waals surface area contributed by atoms with Crippen molar-refractivity contribution in [3.63, 3.8) is 0 Å². The van der Waals surface area contributed by atoms with Crippen molar-refractivity contribution in [2.24, 2.45) is 0 Å². The number of benzene rings is 2. The lowest BCUT2D eigenvalue weighted by Crippen LogP contribution is -2.01. The molecule has 0 saturated heterocycles. The van der Waals surface area contributed by atoms with E-state index in [1.54, 1.807) is 18.5 Å². The molecule has 4 rings (SSSR count). The van der Waals surface area contributed by atoms with Gasteiger partial charge in [0.2, 0.25) is 0 Å². The van der Waals surface area contributed by atoms with E-state index in [1.165, 1.54) is 6.07 Å². The molecule has 0 bridgehead atoms. The number of halogens is 3. The first-order chi connectivity index (χ1) is 12.6. The summed E-state index contributed by atoms with van der Waals surface area (Å²) in [5.41, 5.74) is 1.55. The summed E-state index contributed by atoms with van der Waals surface area (Å²) in [6, 6.07) is 13.2. The van der Waals surface area contributed by atoms with Gasteiger partial charge in [-0.15, -0.1) is 0 Å². The molecule has 2 aromatic carbocycles. The molecule has 0 atom stereocenters. The Morgan fingerprint density at radius 2 is 1.77 bits per heavy atom. The van der Waals surface area contributed by atoms with Crippen molar-refractivity contribution in [1.29, 1.82) is 0 Å². The third-order valence-electron chi connectivity index (χ3n) is 3.79. The summed E-state index contributed by atoms with van der Waals surface area (Å²) in [4.78, 5) is 13.2. The maximum absolute atomic E-state index is 14.2. The van der Waals surface area contributed by atoms with E-state index in [-0.39, 0.29) is 10.2 Å². The van der Waals surface area contributed by atoms with Crippen molar-refractivity contribution in [1.82, 2.24) is 15.0 Å². The molecule has 2 aromatic heterocycles. The molecule has 0 unspecified atom stereocenters. The highest BCUT2D eigenvalue weighted by Gasteiger charge is 2.13. The van der Waals surface area contributed by atoms with Crippen LogP contribution in [0.1, 0.15) is 0 Å². The normalized spacial score (nSPS) is 10.9. The van der Waals surface area contributed by atoms with Crippen molar-refractivity contribution in [3.05, 3.63) is 77.0 Å². The van der Waals surface area contributed by atoms with Gasteiger partial charge in [-0.1, -0.05) is 12.1 Å². The lowest BCUT2D eigenvalue weighted by Gasteiger charge is -2.12. The summed E-state index contributed by atoms with van der Waals surface area (Å²) in [7, 11) is 0. The summed E-state index contributed by atoms with van der Waals surface area (Å²) in [5.74, 6) is -0.499. The first kappa shape index (κ1) is 16.5. The molecule has 4 nitrogen and oxygen atoms in total. The standard InChI is InChI=1S/C19H11BrF2N4/c20-13-8-17(15(22)9-14(13)21)25-19-12-5-1-2-6-16(12)24-18(26-19)11-4-3-7-23-10-11/h1-10H,(H,24,25,26). The molecule has 128 valence electrons. The van der Waals surface area contributed by atoms with Crippen LogP contribution in [-0.4, -0.2) is 15.0 Å². The summed E-state index contributed by atoms with van der Waals surface area (Å²) < 4.78 is 27.8. The minimum absolute atomic E-state index is 0.110. The van der Waals surface area contributed by atoms with E-state index in [1.807, 2.05) is 30.3 Å². The van der Waals surface area contributed by atoms with Crippen LogP contribution >= 0.6 is 15.9 Å². The van der Waals surface area contributed by atoms with Gasteiger partial charge in [0.1, 0.15) is 17.5 Å². The third kappa shape index (κ3) is 3.13. The molecular formula is C19H11BrF2N4. The van der Waals surface area contributed by atoms with E-state index < -0.39 is 11.6 Å².